The van der Waals surface area contributed by atoms with Crippen LogP contribution in [0.1, 0.15) is 43.7 Å². The monoisotopic (exact) mass is 370 g/mol. The molecule has 2 N–H and O–H groups in total. The molecule has 1 aromatic carbocycles. The van der Waals surface area contributed by atoms with Crippen LogP contribution in [0.15, 0.2) is 24.3 Å². The third-order valence-electron chi connectivity index (χ3n) is 6.59. The Bertz CT molecular complexity index is 705. The molecule has 6 nitrogen and oxygen atoms in total. The first-order chi connectivity index (χ1) is 13.1. The summed E-state index contributed by atoms with van der Waals surface area (Å²) in [5, 5.41) is 5.28. The van der Waals surface area contributed by atoms with Crippen molar-refractivity contribution in [2.24, 2.45) is 5.92 Å². The van der Waals surface area contributed by atoms with E-state index >= 15 is 0 Å². The standard InChI is InChI=1S/C21H30N4O2/c1-3-14-4-6-15(7-5-14)13-22-20(26)16-8-9-17-19(12-16)24(2)21(27)18-10-11-23-25(17)18/h4-7,16-19,23H,3,8-13H2,1-2H3,(H,22,26). The minimum atomic E-state index is -0.0206. The molecule has 1 saturated carbocycles. The summed E-state index contributed by atoms with van der Waals surface area (Å²) >= 11 is 0. The van der Waals surface area contributed by atoms with Gasteiger partial charge < -0.3 is 10.2 Å². The number of nitrogens with zero attached hydrogens (tertiary/aromatic N) is 2. The number of carbonyl (C=O) groups is 2. The van der Waals surface area contributed by atoms with Gasteiger partial charge in [-0.1, -0.05) is 31.2 Å². The minimum Gasteiger partial charge on any atom is -0.352 e. The third-order valence-corrected chi connectivity index (χ3v) is 6.59. The summed E-state index contributed by atoms with van der Waals surface area (Å²) in [7, 11) is 1.91. The molecule has 1 aliphatic carbocycles. The highest BCUT2D eigenvalue weighted by atomic mass is 16.2. The fourth-order valence-corrected chi connectivity index (χ4v) is 4.90. The molecule has 2 heterocycles. The van der Waals surface area contributed by atoms with Gasteiger partial charge in [0.1, 0.15) is 6.04 Å². The van der Waals surface area contributed by atoms with E-state index in [2.05, 4.69) is 46.9 Å². The van der Waals surface area contributed by atoms with Crippen molar-refractivity contribution >= 4 is 11.8 Å². The van der Waals surface area contributed by atoms with Gasteiger partial charge >= 0.3 is 0 Å². The lowest BCUT2D eigenvalue weighted by atomic mass is 9.79. The van der Waals surface area contributed by atoms with E-state index in [-0.39, 0.29) is 29.8 Å². The molecule has 2 aliphatic heterocycles. The Hall–Kier alpha value is -1.92. The molecule has 0 radical (unpaired) electrons. The van der Waals surface area contributed by atoms with Crippen LogP contribution in [0.3, 0.4) is 0 Å². The van der Waals surface area contributed by atoms with E-state index in [9.17, 15) is 9.59 Å². The number of aryl methyl sites for hydroxylation is 1. The Balaban J connectivity index is 1.36. The Morgan fingerprint density at radius 3 is 2.63 bits per heavy atom. The second-order valence-corrected chi connectivity index (χ2v) is 8.10. The number of hydrogen-bond donors (Lipinski definition) is 2. The number of piperazine rings is 1. The molecule has 27 heavy (non-hydrogen) atoms. The van der Waals surface area contributed by atoms with Crippen molar-refractivity contribution in [2.45, 2.75) is 63.7 Å². The maximum absolute atomic E-state index is 12.7. The normalized spacial score (nSPS) is 30.7. The summed E-state index contributed by atoms with van der Waals surface area (Å²) in [6, 6.07) is 8.83. The van der Waals surface area contributed by atoms with E-state index in [1.54, 1.807) is 0 Å². The Morgan fingerprint density at radius 2 is 1.89 bits per heavy atom. The van der Waals surface area contributed by atoms with Crippen molar-refractivity contribution in [3.63, 3.8) is 0 Å². The van der Waals surface area contributed by atoms with Gasteiger partial charge in [-0.05, 0) is 43.2 Å². The van der Waals surface area contributed by atoms with Crippen LogP contribution in [0.2, 0.25) is 0 Å². The first-order valence-corrected chi connectivity index (χ1v) is 10.2. The van der Waals surface area contributed by atoms with Gasteiger partial charge in [-0.25, -0.2) is 5.01 Å². The Morgan fingerprint density at radius 1 is 1.15 bits per heavy atom. The van der Waals surface area contributed by atoms with Crippen molar-refractivity contribution in [3.05, 3.63) is 35.4 Å². The summed E-state index contributed by atoms with van der Waals surface area (Å²) in [5.41, 5.74) is 5.83. The molecule has 1 aromatic rings. The lowest BCUT2D eigenvalue weighted by Crippen LogP contribution is -2.67. The highest BCUT2D eigenvalue weighted by molar-refractivity contribution is 5.84. The van der Waals surface area contributed by atoms with Crippen LogP contribution in [0.4, 0.5) is 0 Å². The minimum absolute atomic E-state index is 0.0180. The predicted molar refractivity (Wildman–Crippen MR) is 104 cm³/mol. The van der Waals surface area contributed by atoms with E-state index in [0.29, 0.717) is 12.6 Å². The zero-order valence-corrected chi connectivity index (χ0v) is 16.3. The fourth-order valence-electron chi connectivity index (χ4n) is 4.90. The van der Waals surface area contributed by atoms with Crippen molar-refractivity contribution in [1.29, 1.82) is 0 Å². The highest BCUT2D eigenvalue weighted by Crippen LogP contribution is 2.36. The Labute approximate surface area is 161 Å². The van der Waals surface area contributed by atoms with Crippen molar-refractivity contribution in [3.8, 4) is 0 Å². The summed E-state index contributed by atoms with van der Waals surface area (Å²) in [5.74, 6) is 0.291. The quantitative estimate of drug-likeness (QED) is 0.842. The topological polar surface area (TPSA) is 64.7 Å². The number of amides is 2. The van der Waals surface area contributed by atoms with E-state index < -0.39 is 0 Å². The zero-order valence-electron chi connectivity index (χ0n) is 16.3. The third kappa shape index (κ3) is 3.48. The molecule has 3 fully saturated rings. The second-order valence-electron chi connectivity index (χ2n) is 8.10. The molecule has 0 spiro atoms. The largest absolute Gasteiger partial charge is 0.352 e. The van der Waals surface area contributed by atoms with Crippen molar-refractivity contribution < 1.29 is 9.59 Å². The summed E-state index contributed by atoms with van der Waals surface area (Å²) in [6.07, 6.45) is 4.49. The summed E-state index contributed by atoms with van der Waals surface area (Å²) in [6.45, 7) is 3.58. The first-order valence-electron chi connectivity index (χ1n) is 10.2. The van der Waals surface area contributed by atoms with Gasteiger partial charge in [0, 0.05) is 38.1 Å². The molecule has 4 unspecified atom stereocenters. The lowest BCUT2D eigenvalue weighted by Gasteiger charge is -2.50. The van der Waals surface area contributed by atoms with Gasteiger partial charge in [-0.15, -0.1) is 0 Å². The van der Waals surface area contributed by atoms with Crippen molar-refractivity contribution in [2.75, 3.05) is 13.6 Å². The molecular formula is C21H30N4O2. The lowest BCUT2D eigenvalue weighted by molar-refractivity contribution is -0.153. The number of hydrazine groups is 1. The Kier molecular flexibility index (Phi) is 5.19. The number of likely N-dealkylation sites (N-methyl/N-ethyl adjacent to an activating group) is 1. The van der Waals surface area contributed by atoms with Gasteiger partial charge in [0.2, 0.25) is 11.8 Å². The van der Waals surface area contributed by atoms with E-state index in [0.717, 1.165) is 44.2 Å². The average molecular weight is 370 g/mol. The van der Waals surface area contributed by atoms with Gasteiger partial charge in [0.05, 0.1) is 0 Å². The van der Waals surface area contributed by atoms with Crippen LogP contribution in [-0.4, -0.2) is 53.4 Å². The summed E-state index contributed by atoms with van der Waals surface area (Å²) < 4.78 is 0. The fraction of sp³-hybridized carbons (Fsp3) is 0.619. The smallest absolute Gasteiger partial charge is 0.241 e. The molecule has 6 heteroatoms. The highest BCUT2D eigenvalue weighted by Gasteiger charge is 2.50. The maximum atomic E-state index is 12.7. The number of benzene rings is 1. The van der Waals surface area contributed by atoms with Crippen LogP contribution in [0.25, 0.3) is 0 Å². The molecule has 4 atom stereocenters. The average Bonchev–Trinajstić information content (AvgIpc) is 3.20. The van der Waals surface area contributed by atoms with E-state index in [1.807, 2.05) is 11.9 Å². The number of rotatable bonds is 4. The molecule has 2 amide bonds. The summed E-state index contributed by atoms with van der Waals surface area (Å²) in [4.78, 5) is 27.3. The van der Waals surface area contributed by atoms with Crippen LogP contribution in [0, 0.1) is 5.92 Å². The van der Waals surface area contributed by atoms with Gasteiger partial charge in [-0.3, -0.25) is 15.0 Å². The molecule has 4 rings (SSSR count). The van der Waals surface area contributed by atoms with Crippen molar-refractivity contribution in [1.82, 2.24) is 20.7 Å². The van der Waals surface area contributed by atoms with Crippen LogP contribution in [-0.2, 0) is 22.6 Å². The molecular weight excluding hydrogens is 340 g/mol. The second kappa shape index (κ2) is 7.60. The number of carbonyl (C=O) groups excluding carboxylic acids is 2. The van der Waals surface area contributed by atoms with Gasteiger partial charge in [0.15, 0.2) is 0 Å². The molecule has 2 saturated heterocycles. The van der Waals surface area contributed by atoms with Gasteiger partial charge in [0.25, 0.3) is 0 Å². The number of fused-ring (bicyclic) bond motifs is 3. The predicted octanol–water partition coefficient (Wildman–Crippen LogP) is 1.45. The van der Waals surface area contributed by atoms with Crippen LogP contribution < -0.4 is 10.7 Å². The molecule has 0 aromatic heterocycles. The van der Waals surface area contributed by atoms with Crippen LogP contribution >= 0.6 is 0 Å². The SMILES string of the molecule is CCc1ccc(CNC(=O)C2CCC3C(C2)N(C)C(=O)C2CCNN23)cc1. The van der Waals surface area contributed by atoms with Crippen LogP contribution in [0.5, 0.6) is 0 Å². The molecule has 3 aliphatic rings. The molecule has 0 bridgehead atoms. The van der Waals surface area contributed by atoms with E-state index in [4.69, 9.17) is 0 Å². The number of nitrogens with one attached hydrogen (secondary N) is 2. The maximum Gasteiger partial charge on any atom is 0.241 e. The zero-order chi connectivity index (χ0) is 19.0. The first kappa shape index (κ1) is 18.4. The van der Waals surface area contributed by atoms with E-state index in [1.165, 1.54) is 5.56 Å². The number of hydrogen-bond acceptors (Lipinski definition) is 4. The molecule has 146 valence electrons. The van der Waals surface area contributed by atoms with Gasteiger partial charge in [-0.2, -0.15) is 0 Å².